The molecule has 2 heterocycles. The lowest BCUT2D eigenvalue weighted by atomic mass is 9.82. The molecule has 1 atom stereocenters. The number of nitrogens with zero attached hydrogens (tertiary/aromatic N) is 1. The maximum atomic E-state index is 10.9. The quantitative estimate of drug-likeness (QED) is 0.808. The molecule has 2 N–H and O–H groups in total. The first-order chi connectivity index (χ1) is 8.60. The van der Waals surface area contributed by atoms with Crippen LogP contribution in [0.3, 0.4) is 0 Å². The molecule has 2 rings (SSSR count). The Morgan fingerprint density at radius 3 is 2.61 bits per heavy atom. The first-order valence-corrected chi connectivity index (χ1v) is 7.78. The second-order valence-corrected chi connectivity index (χ2v) is 6.65. The van der Waals surface area contributed by atoms with Crippen LogP contribution in [0.5, 0.6) is 0 Å². The Bertz CT molecular complexity index is 239. The molecule has 0 spiro atoms. The highest BCUT2D eigenvalue weighted by Gasteiger charge is 2.39. The zero-order valence-electron chi connectivity index (χ0n) is 12.1. The van der Waals surface area contributed by atoms with Crippen LogP contribution in [0, 0.1) is 5.92 Å². The van der Waals surface area contributed by atoms with E-state index < -0.39 is 5.60 Å². The van der Waals surface area contributed by atoms with Crippen LogP contribution in [0.1, 0.15) is 52.4 Å². The number of nitrogens with one attached hydrogen (secondary N) is 1. The maximum Gasteiger partial charge on any atom is 0.0824 e. The molecule has 1 unspecified atom stereocenters. The molecule has 0 bridgehead atoms. The van der Waals surface area contributed by atoms with E-state index in [0.29, 0.717) is 6.04 Å². The zero-order valence-corrected chi connectivity index (χ0v) is 12.1. The highest BCUT2D eigenvalue weighted by molar-refractivity contribution is 4.96. The second-order valence-electron chi connectivity index (χ2n) is 6.65. The molecule has 2 fully saturated rings. The first kappa shape index (κ1) is 14.3. The summed E-state index contributed by atoms with van der Waals surface area (Å²) in [4.78, 5) is 2.51. The molecule has 0 aromatic carbocycles. The van der Waals surface area contributed by atoms with Gasteiger partial charge in [0.2, 0.25) is 0 Å². The van der Waals surface area contributed by atoms with E-state index in [1.54, 1.807) is 0 Å². The number of likely N-dealkylation sites (tertiary alicyclic amines) is 1. The summed E-state index contributed by atoms with van der Waals surface area (Å²) in [5, 5.41) is 14.5. The van der Waals surface area contributed by atoms with E-state index >= 15 is 0 Å². The summed E-state index contributed by atoms with van der Waals surface area (Å²) in [6.07, 6.45) is 6.90. The summed E-state index contributed by atoms with van der Waals surface area (Å²) in [5.41, 5.74) is -0.447. The highest BCUT2D eigenvalue weighted by Crippen LogP contribution is 2.29. The van der Waals surface area contributed by atoms with E-state index in [2.05, 4.69) is 24.1 Å². The van der Waals surface area contributed by atoms with Gasteiger partial charge in [0.25, 0.3) is 0 Å². The molecule has 0 aromatic heterocycles. The van der Waals surface area contributed by atoms with E-state index in [-0.39, 0.29) is 0 Å². The van der Waals surface area contributed by atoms with Crippen molar-refractivity contribution in [2.24, 2.45) is 5.92 Å². The normalized spacial score (nSPS) is 30.3. The van der Waals surface area contributed by atoms with Crippen LogP contribution in [-0.2, 0) is 0 Å². The van der Waals surface area contributed by atoms with Crippen LogP contribution >= 0.6 is 0 Å². The number of aliphatic hydroxyl groups is 1. The van der Waals surface area contributed by atoms with Crippen LogP contribution in [0.25, 0.3) is 0 Å². The van der Waals surface area contributed by atoms with Gasteiger partial charge in [0, 0.05) is 25.7 Å². The van der Waals surface area contributed by atoms with Crippen molar-refractivity contribution >= 4 is 0 Å². The standard InChI is InChI=1S/C15H30N2O/c1-13(2)12-17-10-7-15(18,8-11-17)14-6-4-3-5-9-16-14/h13-14,16,18H,3-12H2,1-2H3. The van der Waals surface area contributed by atoms with Crippen molar-refractivity contribution in [3.05, 3.63) is 0 Å². The maximum absolute atomic E-state index is 10.9. The minimum absolute atomic E-state index is 0.334. The summed E-state index contributed by atoms with van der Waals surface area (Å²) < 4.78 is 0. The summed E-state index contributed by atoms with van der Waals surface area (Å²) in [6.45, 7) is 8.93. The Labute approximate surface area is 112 Å². The smallest absolute Gasteiger partial charge is 0.0824 e. The summed E-state index contributed by atoms with van der Waals surface area (Å²) in [7, 11) is 0. The molecular formula is C15H30N2O. The van der Waals surface area contributed by atoms with Crippen molar-refractivity contribution in [2.45, 2.75) is 64.0 Å². The van der Waals surface area contributed by atoms with E-state index in [0.717, 1.165) is 44.8 Å². The molecule has 0 radical (unpaired) electrons. The van der Waals surface area contributed by atoms with Gasteiger partial charge >= 0.3 is 0 Å². The van der Waals surface area contributed by atoms with Crippen molar-refractivity contribution < 1.29 is 5.11 Å². The number of piperidine rings is 1. The van der Waals surface area contributed by atoms with Gasteiger partial charge in [-0.25, -0.2) is 0 Å². The van der Waals surface area contributed by atoms with Crippen LogP contribution < -0.4 is 5.32 Å². The Balaban J connectivity index is 1.85. The Morgan fingerprint density at radius 1 is 1.22 bits per heavy atom. The minimum Gasteiger partial charge on any atom is -0.388 e. The third-order valence-electron chi connectivity index (χ3n) is 4.55. The molecule has 18 heavy (non-hydrogen) atoms. The van der Waals surface area contributed by atoms with Crippen molar-refractivity contribution in [1.29, 1.82) is 0 Å². The Hall–Kier alpha value is -0.120. The molecule has 0 saturated carbocycles. The minimum atomic E-state index is -0.447. The van der Waals surface area contributed by atoms with Gasteiger partial charge in [-0.2, -0.15) is 0 Å². The van der Waals surface area contributed by atoms with Crippen LogP contribution in [-0.4, -0.2) is 47.8 Å². The fraction of sp³-hybridized carbons (Fsp3) is 1.00. The van der Waals surface area contributed by atoms with Gasteiger partial charge in [-0.1, -0.05) is 26.7 Å². The lowest BCUT2D eigenvalue weighted by Crippen LogP contribution is -2.56. The van der Waals surface area contributed by atoms with Gasteiger partial charge in [-0.05, 0) is 38.1 Å². The fourth-order valence-corrected chi connectivity index (χ4v) is 3.47. The van der Waals surface area contributed by atoms with Crippen molar-refractivity contribution in [1.82, 2.24) is 10.2 Å². The topological polar surface area (TPSA) is 35.5 Å². The molecule has 3 heteroatoms. The van der Waals surface area contributed by atoms with E-state index in [1.807, 2.05) is 0 Å². The SMILES string of the molecule is CC(C)CN1CCC(O)(C2CCCCCN2)CC1. The average molecular weight is 254 g/mol. The second kappa shape index (κ2) is 6.36. The van der Waals surface area contributed by atoms with E-state index in [4.69, 9.17) is 0 Å². The first-order valence-electron chi connectivity index (χ1n) is 7.78. The van der Waals surface area contributed by atoms with Gasteiger partial charge in [-0.15, -0.1) is 0 Å². The van der Waals surface area contributed by atoms with Gasteiger partial charge < -0.3 is 15.3 Å². The van der Waals surface area contributed by atoms with E-state index in [9.17, 15) is 5.11 Å². The largest absolute Gasteiger partial charge is 0.388 e. The summed E-state index contributed by atoms with van der Waals surface area (Å²) in [6, 6.07) is 0.334. The molecule has 0 aliphatic carbocycles. The molecule has 3 nitrogen and oxygen atoms in total. The number of hydrogen-bond acceptors (Lipinski definition) is 3. The van der Waals surface area contributed by atoms with Crippen LogP contribution in [0.2, 0.25) is 0 Å². The van der Waals surface area contributed by atoms with Crippen LogP contribution in [0.4, 0.5) is 0 Å². The summed E-state index contributed by atoms with van der Waals surface area (Å²) >= 11 is 0. The summed E-state index contributed by atoms with van der Waals surface area (Å²) in [5.74, 6) is 0.729. The zero-order chi connectivity index (χ0) is 13.0. The molecule has 0 aromatic rings. The molecule has 0 amide bonds. The number of hydrogen-bond donors (Lipinski definition) is 2. The average Bonchev–Trinajstić information content (AvgIpc) is 2.61. The molecule has 2 aliphatic rings. The van der Waals surface area contributed by atoms with Gasteiger partial charge in [-0.3, -0.25) is 0 Å². The molecule has 2 saturated heterocycles. The van der Waals surface area contributed by atoms with Crippen molar-refractivity contribution in [2.75, 3.05) is 26.2 Å². The highest BCUT2D eigenvalue weighted by atomic mass is 16.3. The van der Waals surface area contributed by atoms with Gasteiger partial charge in [0.15, 0.2) is 0 Å². The van der Waals surface area contributed by atoms with Gasteiger partial charge in [0.1, 0.15) is 0 Å². The lowest BCUT2D eigenvalue weighted by Gasteiger charge is -2.43. The van der Waals surface area contributed by atoms with Crippen molar-refractivity contribution in [3.63, 3.8) is 0 Å². The Kier molecular flexibility index (Phi) is 5.05. The van der Waals surface area contributed by atoms with Crippen molar-refractivity contribution in [3.8, 4) is 0 Å². The molecule has 106 valence electrons. The third kappa shape index (κ3) is 3.69. The number of rotatable bonds is 3. The fourth-order valence-electron chi connectivity index (χ4n) is 3.47. The van der Waals surface area contributed by atoms with Gasteiger partial charge in [0.05, 0.1) is 5.60 Å². The predicted octanol–water partition coefficient (Wildman–Crippen LogP) is 2.00. The van der Waals surface area contributed by atoms with E-state index in [1.165, 1.54) is 25.8 Å². The molecular weight excluding hydrogens is 224 g/mol. The predicted molar refractivity (Wildman–Crippen MR) is 75.7 cm³/mol. The van der Waals surface area contributed by atoms with Crippen LogP contribution in [0.15, 0.2) is 0 Å². The molecule has 2 aliphatic heterocycles. The monoisotopic (exact) mass is 254 g/mol. The lowest BCUT2D eigenvalue weighted by molar-refractivity contribution is -0.0526. The Morgan fingerprint density at radius 2 is 1.94 bits per heavy atom. The third-order valence-corrected chi connectivity index (χ3v) is 4.55.